The fourth-order valence-electron chi connectivity index (χ4n) is 2.95. The van der Waals surface area contributed by atoms with Crippen molar-refractivity contribution in [2.75, 3.05) is 0 Å². The molecule has 0 aliphatic carbocycles. The smallest absolute Gasteiger partial charge is 0.248 e. The molecule has 0 saturated heterocycles. The second kappa shape index (κ2) is 7.62. The maximum Gasteiger partial charge on any atom is 0.248 e. The highest BCUT2D eigenvalue weighted by molar-refractivity contribution is 5.94. The standard InChI is InChI=1S/C22H17FN2O/c23-21-13-18(10-11-19(21)14-24)17-6-3-4-15(12-17)8-9-16-5-1-2-7-20(16)22(25)26/h1-7,10-13H,8-9H2,(H2,25,26). The minimum absolute atomic E-state index is 0.0352. The molecule has 3 nitrogen and oxygen atoms in total. The number of carbonyl (C=O) groups excluding carboxylic acids is 1. The van der Waals surface area contributed by atoms with E-state index in [-0.39, 0.29) is 5.56 Å². The molecule has 0 saturated carbocycles. The van der Waals surface area contributed by atoms with Crippen LogP contribution in [0.2, 0.25) is 0 Å². The Bertz CT molecular complexity index is 1010. The van der Waals surface area contributed by atoms with Crippen molar-refractivity contribution >= 4 is 5.91 Å². The molecule has 3 aromatic rings. The predicted octanol–water partition coefficient (Wildman–Crippen LogP) is 4.25. The van der Waals surface area contributed by atoms with E-state index in [0.717, 1.165) is 28.7 Å². The second-order valence-electron chi connectivity index (χ2n) is 6.03. The highest BCUT2D eigenvalue weighted by Gasteiger charge is 2.08. The van der Waals surface area contributed by atoms with Crippen LogP contribution in [0.4, 0.5) is 4.39 Å². The number of hydrogen-bond acceptors (Lipinski definition) is 2. The van der Waals surface area contributed by atoms with Gasteiger partial charge < -0.3 is 5.73 Å². The zero-order valence-electron chi connectivity index (χ0n) is 14.1. The van der Waals surface area contributed by atoms with Gasteiger partial charge in [0.1, 0.15) is 11.9 Å². The molecule has 0 heterocycles. The van der Waals surface area contributed by atoms with E-state index in [1.807, 2.05) is 42.5 Å². The van der Waals surface area contributed by atoms with Crippen LogP contribution in [-0.4, -0.2) is 5.91 Å². The summed E-state index contributed by atoms with van der Waals surface area (Å²) in [5, 5.41) is 8.84. The third-order valence-corrected chi connectivity index (χ3v) is 4.32. The molecule has 4 heteroatoms. The molecule has 128 valence electrons. The van der Waals surface area contributed by atoms with Gasteiger partial charge in [0.15, 0.2) is 0 Å². The molecular formula is C22H17FN2O. The average Bonchev–Trinajstić information content (AvgIpc) is 2.66. The number of amides is 1. The van der Waals surface area contributed by atoms with Crippen molar-refractivity contribution in [1.29, 1.82) is 5.26 Å². The summed E-state index contributed by atoms with van der Waals surface area (Å²) in [4.78, 5) is 11.5. The van der Waals surface area contributed by atoms with Gasteiger partial charge in [0.05, 0.1) is 5.56 Å². The normalized spacial score (nSPS) is 10.3. The number of aryl methyl sites for hydroxylation is 2. The number of halogens is 1. The van der Waals surface area contributed by atoms with Crippen LogP contribution in [0.1, 0.15) is 27.0 Å². The summed E-state index contributed by atoms with van der Waals surface area (Å²) in [7, 11) is 0. The molecular weight excluding hydrogens is 327 g/mol. The number of hydrogen-bond donors (Lipinski definition) is 1. The van der Waals surface area contributed by atoms with E-state index < -0.39 is 11.7 Å². The Balaban J connectivity index is 1.82. The number of nitriles is 1. The van der Waals surface area contributed by atoms with Gasteiger partial charge in [-0.1, -0.05) is 48.5 Å². The molecule has 0 aromatic heterocycles. The first-order valence-electron chi connectivity index (χ1n) is 8.25. The van der Waals surface area contributed by atoms with E-state index in [9.17, 15) is 9.18 Å². The second-order valence-corrected chi connectivity index (χ2v) is 6.03. The van der Waals surface area contributed by atoms with Crippen LogP contribution in [0.25, 0.3) is 11.1 Å². The minimum atomic E-state index is -0.522. The summed E-state index contributed by atoms with van der Waals surface area (Å²) in [5.74, 6) is -0.951. The monoisotopic (exact) mass is 344 g/mol. The third kappa shape index (κ3) is 3.79. The molecule has 0 radical (unpaired) electrons. The Labute approximate surface area is 151 Å². The van der Waals surface area contributed by atoms with Crippen molar-refractivity contribution in [3.05, 3.63) is 94.8 Å². The first kappa shape index (κ1) is 17.4. The van der Waals surface area contributed by atoms with Crippen LogP contribution < -0.4 is 5.73 Å². The largest absolute Gasteiger partial charge is 0.366 e. The van der Waals surface area contributed by atoms with Gasteiger partial charge in [-0.15, -0.1) is 0 Å². The Hall–Kier alpha value is -3.45. The summed E-state index contributed by atoms with van der Waals surface area (Å²) in [6.45, 7) is 0. The van der Waals surface area contributed by atoms with Gasteiger partial charge in [-0.25, -0.2) is 4.39 Å². The summed E-state index contributed by atoms with van der Waals surface area (Å²) in [6, 6.07) is 21.6. The van der Waals surface area contributed by atoms with Crippen LogP contribution in [0.15, 0.2) is 66.7 Å². The van der Waals surface area contributed by atoms with E-state index >= 15 is 0 Å². The summed E-state index contributed by atoms with van der Waals surface area (Å²) in [5.41, 5.74) is 9.59. The Morgan fingerprint density at radius 1 is 0.962 bits per heavy atom. The fourth-order valence-corrected chi connectivity index (χ4v) is 2.95. The van der Waals surface area contributed by atoms with Crippen LogP contribution in [-0.2, 0) is 12.8 Å². The van der Waals surface area contributed by atoms with Crippen molar-refractivity contribution < 1.29 is 9.18 Å². The van der Waals surface area contributed by atoms with Crippen LogP contribution in [0, 0.1) is 17.1 Å². The first-order chi connectivity index (χ1) is 12.6. The lowest BCUT2D eigenvalue weighted by Crippen LogP contribution is -2.13. The summed E-state index contributed by atoms with van der Waals surface area (Å²) >= 11 is 0. The molecule has 0 spiro atoms. The van der Waals surface area contributed by atoms with Crippen molar-refractivity contribution in [2.24, 2.45) is 5.73 Å². The topological polar surface area (TPSA) is 66.9 Å². The van der Waals surface area contributed by atoms with Gasteiger partial charge in [-0.2, -0.15) is 5.26 Å². The first-order valence-corrected chi connectivity index (χ1v) is 8.25. The number of rotatable bonds is 5. The van der Waals surface area contributed by atoms with E-state index in [0.29, 0.717) is 12.0 Å². The molecule has 1 amide bonds. The van der Waals surface area contributed by atoms with Crippen molar-refractivity contribution in [3.63, 3.8) is 0 Å². The van der Waals surface area contributed by atoms with Gasteiger partial charge >= 0.3 is 0 Å². The highest BCUT2D eigenvalue weighted by atomic mass is 19.1. The van der Waals surface area contributed by atoms with Crippen LogP contribution >= 0.6 is 0 Å². The third-order valence-electron chi connectivity index (χ3n) is 4.32. The lowest BCUT2D eigenvalue weighted by molar-refractivity contribution is 0.0999. The quantitative estimate of drug-likeness (QED) is 0.752. The SMILES string of the molecule is N#Cc1ccc(-c2cccc(CCc3ccccc3C(N)=O)c2)cc1F. The molecule has 3 rings (SSSR count). The minimum Gasteiger partial charge on any atom is -0.366 e. The van der Waals surface area contributed by atoms with Gasteiger partial charge in [0, 0.05) is 5.56 Å². The number of nitrogens with two attached hydrogens (primary N) is 1. The van der Waals surface area contributed by atoms with Crippen molar-refractivity contribution in [3.8, 4) is 17.2 Å². The Morgan fingerprint density at radius 2 is 1.73 bits per heavy atom. The highest BCUT2D eigenvalue weighted by Crippen LogP contribution is 2.23. The molecule has 0 aliphatic rings. The lowest BCUT2D eigenvalue weighted by atomic mass is 9.96. The van der Waals surface area contributed by atoms with Gasteiger partial charge in [-0.05, 0) is 53.3 Å². The van der Waals surface area contributed by atoms with Gasteiger partial charge in [0.2, 0.25) is 5.91 Å². The molecule has 0 bridgehead atoms. The summed E-state index contributed by atoms with van der Waals surface area (Å²) in [6.07, 6.45) is 1.42. The van der Waals surface area contributed by atoms with Gasteiger partial charge in [-0.3, -0.25) is 4.79 Å². The zero-order valence-corrected chi connectivity index (χ0v) is 14.1. The molecule has 2 N–H and O–H groups in total. The Morgan fingerprint density at radius 3 is 2.46 bits per heavy atom. The van der Waals surface area contributed by atoms with Crippen molar-refractivity contribution in [2.45, 2.75) is 12.8 Å². The Kier molecular flexibility index (Phi) is 5.09. The van der Waals surface area contributed by atoms with E-state index in [1.54, 1.807) is 18.2 Å². The van der Waals surface area contributed by atoms with Crippen LogP contribution in [0.3, 0.4) is 0 Å². The van der Waals surface area contributed by atoms with E-state index in [2.05, 4.69) is 0 Å². The maximum atomic E-state index is 13.9. The summed E-state index contributed by atoms with van der Waals surface area (Å²) < 4.78 is 13.9. The van der Waals surface area contributed by atoms with E-state index in [1.165, 1.54) is 12.1 Å². The molecule has 0 fully saturated rings. The predicted molar refractivity (Wildman–Crippen MR) is 98.9 cm³/mol. The van der Waals surface area contributed by atoms with Gasteiger partial charge in [0.25, 0.3) is 0 Å². The molecule has 0 atom stereocenters. The number of nitrogens with zero attached hydrogens (tertiary/aromatic N) is 1. The fraction of sp³-hybridized carbons (Fsp3) is 0.0909. The average molecular weight is 344 g/mol. The molecule has 3 aromatic carbocycles. The number of primary amides is 1. The van der Waals surface area contributed by atoms with Crippen molar-refractivity contribution in [1.82, 2.24) is 0 Å². The number of carbonyl (C=O) groups is 1. The van der Waals surface area contributed by atoms with Crippen LogP contribution in [0.5, 0.6) is 0 Å². The lowest BCUT2D eigenvalue weighted by Gasteiger charge is -2.09. The number of benzene rings is 3. The molecule has 0 aliphatic heterocycles. The maximum absolute atomic E-state index is 13.9. The molecule has 26 heavy (non-hydrogen) atoms. The zero-order chi connectivity index (χ0) is 18.5. The van der Waals surface area contributed by atoms with E-state index in [4.69, 9.17) is 11.0 Å². The molecule has 0 unspecified atom stereocenters.